The molecule has 0 atom stereocenters. The highest BCUT2D eigenvalue weighted by Crippen LogP contribution is 2.33. The van der Waals surface area contributed by atoms with Crippen molar-refractivity contribution >= 4 is 15.9 Å². The van der Waals surface area contributed by atoms with Crippen molar-refractivity contribution in [3.8, 4) is 0 Å². The Kier molecular flexibility index (Phi) is 6.29. The summed E-state index contributed by atoms with van der Waals surface area (Å²) in [7, 11) is -3.05. The first-order valence-corrected chi connectivity index (χ1v) is 11.2. The van der Waals surface area contributed by atoms with Crippen LogP contribution in [-0.4, -0.2) is 70.2 Å². The van der Waals surface area contributed by atoms with Crippen LogP contribution in [0.2, 0.25) is 0 Å². The Hall–Kier alpha value is -1.48. The maximum absolute atomic E-state index is 12.4. The van der Waals surface area contributed by atoms with E-state index in [1.54, 1.807) is 23.9 Å². The van der Waals surface area contributed by atoms with E-state index in [-0.39, 0.29) is 11.7 Å². The van der Waals surface area contributed by atoms with Crippen LogP contribution in [0.1, 0.15) is 39.0 Å². The summed E-state index contributed by atoms with van der Waals surface area (Å²) in [5, 5.41) is 7.49. The molecule has 0 radical (unpaired) electrons. The fourth-order valence-electron chi connectivity index (χ4n) is 4.15. The Morgan fingerprint density at radius 2 is 1.54 bits per heavy atom. The molecule has 2 saturated heterocycles. The summed E-state index contributed by atoms with van der Waals surface area (Å²) in [5.74, 6) is 1.59. The molecule has 3 rings (SSSR count). The normalized spacial score (nSPS) is 21.2. The Morgan fingerprint density at radius 1 is 1.00 bits per heavy atom. The van der Waals surface area contributed by atoms with Gasteiger partial charge in [-0.15, -0.1) is 10.2 Å². The summed E-state index contributed by atoms with van der Waals surface area (Å²) >= 11 is 0. The van der Waals surface area contributed by atoms with Crippen LogP contribution in [0.5, 0.6) is 0 Å². The Bertz CT molecular complexity index is 675. The summed E-state index contributed by atoms with van der Waals surface area (Å²) in [6.07, 6.45) is 7.70. The fourth-order valence-corrected chi connectivity index (χ4v) is 5.28. The zero-order valence-corrected chi connectivity index (χ0v) is 16.3. The number of carbonyl (C=O) groups excluding carboxylic acids is 1. The molecule has 26 heavy (non-hydrogen) atoms. The highest BCUT2D eigenvalue weighted by Gasteiger charge is 2.33. The number of hydrogen-bond donors (Lipinski definition) is 0. The van der Waals surface area contributed by atoms with Crippen LogP contribution in [0.3, 0.4) is 0 Å². The second-order valence-corrected chi connectivity index (χ2v) is 9.56. The van der Waals surface area contributed by atoms with E-state index < -0.39 is 10.0 Å². The number of rotatable bonds is 6. The number of sulfonamides is 1. The number of aromatic nitrogens is 3. The summed E-state index contributed by atoms with van der Waals surface area (Å²) in [4.78, 5) is 14.3. The molecule has 0 spiro atoms. The Balaban J connectivity index is 1.40. The van der Waals surface area contributed by atoms with Crippen LogP contribution in [0.15, 0.2) is 12.7 Å². The fraction of sp³-hybridized carbons (Fsp3) is 0.824. The van der Waals surface area contributed by atoms with E-state index in [1.807, 2.05) is 9.47 Å². The number of nitrogens with zero attached hydrogens (tertiary/aromatic N) is 5. The molecule has 0 aromatic carbocycles. The third kappa shape index (κ3) is 4.62. The molecule has 0 bridgehead atoms. The van der Waals surface area contributed by atoms with Crippen LogP contribution in [-0.2, 0) is 21.4 Å². The van der Waals surface area contributed by atoms with Crippen molar-refractivity contribution in [1.29, 1.82) is 0 Å². The summed E-state index contributed by atoms with van der Waals surface area (Å²) in [6.45, 7) is 5.27. The standard InChI is InChI=1S/C17H29N5O3S/c1-2-26(24,25)22-11-5-16(6-12-22)15-3-9-21(10-4-15)17(23)7-8-20-13-18-19-14-20/h13-16H,2-12H2,1H3. The third-order valence-corrected chi connectivity index (χ3v) is 7.75. The molecule has 1 aromatic rings. The smallest absolute Gasteiger partial charge is 0.224 e. The van der Waals surface area contributed by atoms with Crippen molar-refractivity contribution in [1.82, 2.24) is 24.0 Å². The zero-order valence-electron chi connectivity index (χ0n) is 15.5. The Labute approximate surface area is 155 Å². The van der Waals surface area contributed by atoms with Gasteiger partial charge in [0.2, 0.25) is 15.9 Å². The molecular weight excluding hydrogens is 354 g/mol. The van der Waals surface area contributed by atoms with Gasteiger partial charge in [0, 0.05) is 39.1 Å². The molecule has 2 aliphatic rings. The van der Waals surface area contributed by atoms with E-state index in [0.29, 0.717) is 37.9 Å². The van der Waals surface area contributed by atoms with Crippen molar-refractivity contribution < 1.29 is 13.2 Å². The molecule has 3 heterocycles. The van der Waals surface area contributed by atoms with Gasteiger partial charge in [-0.25, -0.2) is 12.7 Å². The molecule has 1 amide bonds. The van der Waals surface area contributed by atoms with Gasteiger partial charge in [-0.1, -0.05) is 0 Å². The number of hydrogen-bond acceptors (Lipinski definition) is 5. The van der Waals surface area contributed by atoms with Gasteiger partial charge in [0.05, 0.1) is 5.75 Å². The van der Waals surface area contributed by atoms with Gasteiger partial charge in [-0.3, -0.25) is 4.79 Å². The van der Waals surface area contributed by atoms with E-state index in [1.165, 1.54) is 0 Å². The van der Waals surface area contributed by atoms with Crippen LogP contribution in [0.25, 0.3) is 0 Å². The topological polar surface area (TPSA) is 88.4 Å². The average Bonchev–Trinajstić information content (AvgIpc) is 3.20. The first-order valence-electron chi connectivity index (χ1n) is 9.57. The lowest BCUT2D eigenvalue weighted by atomic mass is 9.79. The van der Waals surface area contributed by atoms with Gasteiger partial charge < -0.3 is 9.47 Å². The molecule has 8 nitrogen and oxygen atoms in total. The quantitative estimate of drug-likeness (QED) is 0.730. The van der Waals surface area contributed by atoms with Crippen LogP contribution in [0.4, 0.5) is 0 Å². The lowest BCUT2D eigenvalue weighted by Crippen LogP contribution is -2.44. The summed E-state index contributed by atoms with van der Waals surface area (Å²) in [5.41, 5.74) is 0. The minimum Gasteiger partial charge on any atom is -0.343 e. The molecule has 1 aromatic heterocycles. The van der Waals surface area contributed by atoms with E-state index in [2.05, 4.69) is 10.2 Å². The molecule has 0 N–H and O–H groups in total. The van der Waals surface area contributed by atoms with Gasteiger partial charge >= 0.3 is 0 Å². The van der Waals surface area contributed by atoms with Gasteiger partial charge in [-0.2, -0.15) is 0 Å². The monoisotopic (exact) mass is 383 g/mol. The maximum atomic E-state index is 12.4. The predicted molar refractivity (Wildman–Crippen MR) is 97.7 cm³/mol. The minimum absolute atomic E-state index is 0.188. The van der Waals surface area contributed by atoms with E-state index in [9.17, 15) is 13.2 Å². The molecule has 0 aliphatic carbocycles. The molecule has 0 saturated carbocycles. The lowest BCUT2D eigenvalue weighted by Gasteiger charge is -2.39. The van der Waals surface area contributed by atoms with Crippen molar-refractivity contribution in [3.05, 3.63) is 12.7 Å². The Morgan fingerprint density at radius 3 is 2.08 bits per heavy atom. The molecule has 146 valence electrons. The van der Waals surface area contributed by atoms with Crippen molar-refractivity contribution in [3.63, 3.8) is 0 Å². The zero-order chi connectivity index (χ0) is 18.6. The highest BCUT2D eigenvalue weighted by atomic mass is 32.2. The highest BCUT2D eigenvalue weighted by molar-refractivity contribution is 7.89. The first-order chi connectivity index (χ1) is 12.5. The van der Waals surface area contributed by atoms with Crippen molar-refractivity contribution in [2.45, 2.75) is 45.6 Å². The van der Waals surface area contributed by atoms with E-state index in [0.717, 1.165) is 38.8 Å². The number of carbonyl (C=O) groups is 1. The lowest BCUT2D eigenvalue weighted by molar-refractivity contribution is -0.133. The summed E-state index contributed by atoms with van der Waals surface area (Å²) in [6, 6.07) is 0. The van der Waals surface area contributed by atoms with Gasteiger partial charge in [0.1, 0.15) is 12.7 Å². The minimum atomic E-state index is -3.05. The van der Waals surface area contributed by atoms with Crippen LogP contribution < -0.4 is 0 Å². The summed E-state index contributed by atoms with van der Waals surface area (Å²) < 4.78 is 27.4. The second-order valence-electron chi connectivity index (χ2n) is 7.30. The molecular formula is C17H29N5O3S. The molecule has 9 heteroatoms. The van der Waals surface area contributed by atoms with Gasteiger partial charge in [0.25, 0.3) is 0 Å². The van der Waals surface area contributed by atoms with Gasteiger partial charge in [0.15, 0.2) is 0 Å². The first kappa shape index (κ1) is 19.3. The van der Waals surface area contributed by atoms with E-state index in [4.69, 9.17) is 0 Å². The number of likely N-dealkylation sites (tertiary alicyclic amines) is 1. The number of aryl methyl sites for hydroxylation is 1. The SMILES string of the molecule is CCS(=O)(=O)N1CCC(C2CCN(C(=O)CCn3cnnc3)CC2)CC1. The van der Waals surface area contributed by atoms with Gasteiger partial charge in [-0.05, 0) is 44.4 Å². The molecule has 2 aliphatic heterocycles. The predicted octanol–water partition coefficient (Wildman–Crippen LogP) is 0.969. The maximum Gasteiger partial charge on any atom is 0.224 e. The van der Waals surface area contributed by atoms with E-state index >= 15 is 0 Å². The number of piperidine rings is 2. The van der Waals surface area contributed by atoms with Crippen LogP contribution >= 0.6 is 0 Å². The van der Waals surface area contributed by atoms with Crippen LogP contribution in [0, 0.1) is 11.8 Å². The second kappa shape index (κ2) is 8.47. The molecule has 2 fully saturated rings. The average molecular weight is 384 g/mol. The largest absolute Gasteiger partial charge is 0.343 e. The van der Waals surface area contributed by atoms with Crippen molar-refractivity contribution in [2.24, 2.45) is 11.8 Å². The third-order valence-electron chi connectivity index (χ3n) is 5.87. The number of amides is 1. The van der Waals surface area contributed by atoms with Crippen molar-refractivity contribution in [2.75, 3.05) is 31.9 Å². The molecule has 0 unspecified atom stereocenters.